The van der Waals surface area contributed by atoms with Crippen LogP contribution in [0.5, 0.6) is 0 Å². The van der Waals surface area contributed by atoms with E-state index in [1.807, 2.05) is 24.3 Å². The van der Waals surface area contributed by atoms with Gasteiger partial charge in [-0.15, -0.1) is 0 Å². The SMILES string of the molecule is CCCc1ccc(C#Cc2c(F)cc(C3CCC(CCC)CC3)cc2F)cc1. The summed E-state index contributed by atoms with van der Waals surface area (Å²) in [5.41, 5.74) is 2.70. The largest absolute Gasteiger partial charge is 0.206 e. The number of hydrogen-bond acceptors (Lipinski definition) is 0. The van der Waals surface area contributed by atoms with Crippen LogP contribution in [-0.4, -0.2) is 0 Å². The summed E-state index contributed by atoms with van der Waals surface area (Å²) < 4.78 is 29.2. The van der Waals surface area contributed by atoms with Crippen LogP contribution in [0.2, 0.25) is 0 Å². The Hall–Kier alpha value is -2.14. The van der Waals surface area contributed by atoms with Crippen molar-refractivity contribution >= 4 is 0 Å². The van der Waals surface area contributed by atoms with Crippen molar-refractivity contribution in [3.63, 3.8) is 0 Å². The molecule has 0 heterocycles. The highest BCUT2D eigenvalue weighted by atomic mass is 19.1. The van der Waals surface area contributed by atoms with Crippen molar-refractivity contribution in [3.8, 4) is 11.8 Å². The Morgan fingerprint density at radius 2 is 1.50 bits per heavy atom. The lowest BCUT2D eigenvalue weighted by atomic mass is 9.77. The zero-order chi connectivity index (χ0) is 19.9. The molecule has 0 aliphatic heterocycles. The number of hydrogen-bond donors (Lipinski definition) is 0. The van der Waals surface area contributed by atoms with Gasteiger partial charge < -0.3 is 0 Å². The summed E-state index contributed by atoms with van der Waals surface area (Å²) in [6.07, 6.45) is 8.98. The van der Waals surface area contributed by atoms with Gasteiger partial charge in [0.15, 0.2) is 0 Å². The number of halogens is 2. The van der Waals surface area contributed by atoms with Crippen LogP contribution in [-0.2, 0) is 6.42 Å². The molecule has 148 valence electrons. The molecular weight excluding hydrogens is 350 g/mol. The van der Waals surface area contributed by atoms with E-state index in [1.165, 1.54) is 30.5 Å². The van der Waals surface area contributed by atoms with Crippen LogP contribution in [0.15, 0.2) is 36.4 Å². The van der Waals surface area contributed by atoms with Gasteiger partial charge in [-0.2, -0.15) is 0 Å². The van der Waals surface area contributed by atoms with Crippen LogP contribution in [0.3, 0.4) is 0 Å². The van der Waals surface area contributed by atoms with Crippen molar-refractivity contribution in [1.82, 2.24) is 0 Å². The fraction of sp³-hybridized carbons (Fsp3) is 0.462. The predicted octanol–water partition coefficient (Wildman–Crippen LogP) is 7.39. The molecule has 2 aromatic rings. The van der Waals surface area contributed by atoms with E-state index in [2.05, 4.69) is 25.7 Å². The number of aryl methyl sites for hydroxylation is 1. The molecule has 3 rings (SSSR count). The first-order chi connectivity index (χ1) is 13.6. The van der Waals surface area contributed by atoms with Crippen molar-refractivity contribution in [2.24, 2.45) is 5.92 Å². The normalized spacial score (nSPS) is 19.1. The molecule has 1 fully saturated rings. The topological polar surface area (TPSA) is 0 Å². The third-order valence-corrected chi connectivity index (χ3v) is 5.90. The van der Waals surface area contributed by atoms with Crippen LogP contribution in [0, 0.1) is 29.4 Å². The molecule has 0 atom stereocenters. The molecule has 0 saturated heterocycles. The summed E-state index contributed by atoms with van der Waals surface area (Å²) >= 11 is 0. The Kier molecular flexibility index (Phi) is 7.26. The zero-order valence-electron chi connectivity index (χ0n) is 17.0. The van der Waals surface area contributed by atoms with Gasteiger partial charge in [0, 0.05) is 5.56 Å². The molecule has 0 radical (unpaired) electrons. The van der Waals surface area contributed by atoms with Gasteiger partial charge >= 0.3 is 0 Å². The zero-order valence-corrected chi connectivity index (χ0v) is 17.0. The summed E-state index contributed by atoms with van der Waals surface area (Å²) in [5.74, 6) is 5.57. The van der Waals surface area contributed by atoms with Gasteiger partial charge in [-0.25, -0.2) is 8.78 Å². The summed E-state index contributed by atoms with van der Waals surface area (Å²) in [4.78, 5) is 0. The van der Waals surface area contributed by atoms with E-state index < -0.39 is 11.6 Å². The Morgan fingerprint density at radius 3 is 2.07 bits per heavy atom. The second-order valence-electron chi connectivity index (χ2n) is 8.06. The summed E-state index contributed by atoms with van der Waals surface area (Å²) in [5, 5.41) is 0. The fourth-order valence-electron chi connectivity index (χ4n) is 4.32. The molecule has 1 saturated carbocycles. The second kappa shape index (κ2) is 9.87. The minimum Gasteiger partial charge on any atom is -0.206 e. The average molecular weight is 381 g/mol. The highest BCUT2D eigenvalue weighted by Crippen LogP contribution is 2.38. The molecule has 0 unspecified atom stereocenters. The van der Waals surface area contributed by atoms with Crippen LogP contribution >= 0.6 is 0 Å². The lowest BCUT2D eigenvalue weighted by Gasteiger charge is -2.28. The van der Waals surface area contributed by atoms with Crippen molar-refractivity contribution in [2.75, 3.05) is 0 Å². The second-order valence-corrected chi connectivity index (χ2v) is 8.06. The van der Waals surface area contributed by atoms with Gasteiger partial charge in [0.25, 0.3) is 0 Å². The Labute approximate surface area is 168 Å². The van der Waals surface area contributed by atoms with Crippen LogP contribution < -0.4 is 0 Å². The molecule has 28 heavy (non-hydrogen) atoms. The van der Waals surface area contributed by atoms with Gasteiger partial charge in [-0.05, 0) is 79.3 Å². The van der Waals surface area contributed by atoms with E-state index in [1.54, 1.807) is 0 Å². The Bertz CT molecular complexity index is 808. The smallest absolute Gasteiger partial charge is 0.142 e. The molecule has 0 spiro atoms. The summed E-state index contributed by atoms with van der Waals surface area (Å²) in [6.45, 7) is 4.36. The standard InChI is InChI=1S/C26H30F2/c1-3-5-19-7-9-21(10-8-19)13-16-24-25(27)17-23(18-26(24)28)22-14-11-20(6-4-2)12-15-22/h7-10,17-18,20,22H,3-6,11-12,14-15H2,1-2H3. The minimum atomic E-state index is -0.541. The molecule has 1 aliphatic carbocycles. The molecule has 0 aromatic heterocycles. The highest BCUT2D eigenvalue weighted by molar-refractivity contribution is 5.46. The molecule has 2 heteroatoms. The van der Waals surface area contributed by atoms with Crippen LogP contribution in [0.1, 0.15) is 87.0 Å². The third kappa shape index (κ3) is 5.22. The van der Waals surface area contributed by atoms with Gasteiger partial charge in [0.2, 0.25) is 0 Å². The number of benzene rings is 2. The Morgan fingerprint density at radius 1 is 0.857 bits per heavy atom. The van der Waals surface area contributed by atoms with Gasteiger partial charge in [0.1, 0.15) is 11.6 Å². The molecule has 0 bridgehead atoms. The van der Waals surface area contributed by atoms with Crippen molar-refractivity contribution < 1.29 is 8.78 Å². The van der Waals surface area contributed by atoms with Crippen LogP contribution in [0.25, 0.3) is 0 Å². The maximum absolute atomic E-state index is 14.6. The first-order valence-corrected chi connectivity index (χ1v) is 10.7. The highest BCUT2D eigenvalue weighted by Gasteiger charge is 2.23. The van der Waals surface area contributed by atoms with Gasteiger partial charge in [0.05, 0.1) is 5.56 Å². The van der Waals surface area contributed by atoms with E-state index in [4.69, 9.17) is 0 Å². The van der Waals surface area contributed by atoms with E-state index in [0.29, 0.717) is 0 Å². The molecule has 0 amide bonds. The van der Waals surface area contributed by atoms with Crippen molar-refractivity contribution in [3.05, 3.63) is 70.3 Å². The predicted molar refractivity (Wildman–Crippen MR) is 112 cm³/mol. The van der Waals surface area contributed by atoms with Crippen molar-refractivity contribution in [2.45, 2.75) is 71.1 Å². The summed E-state index contributed by atoms with van der Waals surface area (Å²) in [7, 11) is 0. The first-order valence-electron chi connectivity index (χ1n) is 10.7. The van der Waals surface area contributed by atoms with E-state index in [-0.39, 0.29) is 11.5 Å². The lowest BCUT2D eigenvalue weighted by Crippen LogP contribution is -2.13. The molecule has 0 nitrogen and oxygen atoms in total. The first kappa shape index (κ1) is 20.6. The summed E-state index contributed by atoms with van der Waals surface area (Å²) in [6, 6.07) is 10.9. The van der Waals surface area contributed by atoms with E-state index in [9.17, 15) is 8.78 Å². The molecular formula is C26H30F2. The minimum absolute atomic E-state index is 0.124. The lowest BCUT2D eigenvalue weighted by molar-refractivity contribution is 0.307. The maximum atomic E-state index is 14.6. The average Bonchev–Trinajstić information content (AvgIpc) is 2.69. The third-order valence-electron chi connectivity index (χ3n) is 5.90. The van der Waals surface area contributed by atoms with E-state index >= 15 is 0 Å². The molecule has 1 aliphatic rings. The van der Waals surface area contributed by atoms with Crippen molar-refractivity contribution in [1.29, 1.82) is 0 Å². The molecule has 2 aromatic carbocycles. The van der Waals surface area contributed by atoms with E-state index in [0.717, 1.165) is 55.6 Å². The number of rotatable bonds is 5. The monoisotopic (exact) mass is 380 g/mol. The Balaban J connectivity index is 1.72. The van der Waals surface area contributed by atoms with Crippen LogP contribution in [0.4, 0.5) is 8.78 Å². The molecule has 0 N–H and O–H groups in total. The quantitative estimate of drug-likeness (QED) is 0.474. The fourth-order valence-corrected chi connectivity index (χ4v) is 4.32. The maximum Gasteiger partial charge on any atom is 0.142 e. The van der Waals surface area contributed by atoms with Gasteiger partial charge in [-0.1, -0.05) is 57.1 Å². The van der Waals surface area contributed by atoms with Gasteiger partial charge in [-0.3, -0.25) is 0 Å².